The summed E-state index contributed by atoms with van der Waals surface area (Å²) in [5, 5.41) is 14.1. The highest BCUT2D eigenvalue weighted by molar-refractivity contribution is 6.30. The summed E-state index contributed by atoms with van der Waals surface area (Å²) in [6.45, 7) is 4.08. The van der Waals surface area contributed by atoms with Crippen molar-refractivity contribution in [3.8, 4) is 11.3 Å². The summed E-state index contributed by atoms with van der Waals surface area (Å²) in [6, 6.07) is 5.63. The van der Waals surface area contributed by atoms with Gasteiger partial charge in [-0.3, -0.25) is 9.58 Å². The molecular weight excluding hydrogens is 309 g/mol. The molecule has 2 heterocycles. The fourth-order valence-corrected chi connectivity index (χ4v) is 3.12. The number of amides is 1. The molecule has 1 aliphatic rings. The average Bonchev–Trinajstić information content (AvgIpc) is 2.81. The summed E-state index contributed by atoms with van der Waals surface area (Å²) in [5.41, 5.74) is 1.59. The molecule has 2 unspecified atom stereocenters. The number of hydrogen-bond acceptors (Lipinski definition) is 2. The topological polar surface area (TPSA) is 58.4 Å². The van der Waals surface area contributed by atoms with Gasteiger partial charge >= 0.3 is 6.09 Å². The monoisotopic (exact) mass is 323 g/mol. The number of carboxylic acid groups (broad SMARTS) is 1. The van der Waals surface area contributed by atoms with E-state index in [1.807, 2.05) is 6.92 Å². The zero-order chi connectivity index (χ0) is 16.0. The fraction of sp³-hybridized carbons (Fsp3) is 0.333. The molecule has 0 aliphatic carbocycles. The maximum absolute atomic E-state index is 14.0. The zero-order valence-electron chi connectivity index (χ0n) is 12.1. The Balaban J connectivity index is 2.04. The van der Waals surface area contributed by atoms with E-state index in [0.29, 0.717) is 22.8 Å². The molecule has 3 rings (SSSR count). The third-order valence-corrected chi connectivity index (χ3v) is 4.23. The number of fused-ring (bicyclic) bond motifs is 1. The van der Waals surface area contributed by atoms with Gasteiger partial charge in [0.1, 0.15) is 5.82 Å². The number of aromatic nitrogens is 2. The first kappa shape index (κ1) is 14.8. The van der Waals surface area contributed by atoms with Crippen molar-refractivity contribution in [2.24, 2.45) is 0 Å². The van der Waals surface area contributed by atoms with E-state index in [1.54, 1.807) is 29.8 Å². The van der Waals surface area contributed by atoms with Crippen molar-refractivity contribution >= 4 is 17.7 Å². The van der Waals surface area contributed by atoms with Gasteiger partial charge in [-0.25, -0.2) is 9.18 Å². The van der Waals surface area contributed by atoms with Gasteiger partial charge in [-0.05, 0) is 38.1 Å². The number of nitrogens with zero attached hydrogens (tertiary/aromatic N) is 3. The Kier molecular flexibility index (Phi) is 3.56. The van der Waals surface area contributed by atoms with Crippen molar-refractivity contribution in [2.75, 3.05) is 0 Å². The van der Waals surface area contributed by atoms with Crippen molar-refractivity contribution in [3.05, 3.63) is 40.8 Å². The Morgan fingerprint density at radius 2 is 2.14 bits per heavy atom. The molecule has 2 aromatic rings. The van der Waals surface area contributed by atoms with E-state index in [4.69, 9.17) is 11.6 Å². The third-order valence-electron chi connectivity index (χ3n) is 4.00. The Bertz CT molecular complexity index is 746. The first-order valence-corrected chi connectivity index (χ1v) is 7.30. The van der Waals surface area contributed by atoms with E-state index in [-0.39, 0.29) is 12.1 Å². The minimum absolute atomic E-state index is 0.192. The fourth-order valence-electron chi connectivity index (χ4n) is 2.96. The standard InChI is InChI=1S/C15H15ClFN3O2/c1-8-7-19-14(9(2)20(8)15(21)22)6-13(18-19)11-4-3-10(16)5-12(11)17/h3-6,8-9H,7H2,1-2H3,(H,21,22). The second kappa shape index (κ2) is 5.28. The number of carbonyl (C=O) groups is 1. The highest BCUT2D eigenvalue weighted by atomic mass is 35.5. The predicted octanol–water partition coefficient (Wildman–Crippen LogP) is 3.79. The van der Waals surface area contributed by atoms with Gasteiger partial charge in [-0.2, -0.15) is 5.10 Å². The second-order valence-electron chi connectivity index (χ2n) is 5.48. The molecule has 0 saturated heterocycles. The van der Waals surface area contributed by atoms with Crippen molar-refractivity contribution < 1.29 is 14.3 Å². The lowest BCUT2D eigenvalue weighted by Crippen LogP contribution is -2.46. The van der Waals surface area contributed by atoms with Gasteiger partial charge in [-0.15, -0.1) is 0 Å². The minimum atomic E-state index is -0.966. The SMILES string of the molecule is CC1Cn2nc(-c3ccc(Cl)cc3F)cc2C(C)N1C(=O)O. The lowest BCUT2D eigenvalue weighted by molar-refractivity contribution is 0.0836. The molecule has 1 aromatic carbocycles. The van der Waals surface area contributed by atoms with Gasteiger partial charge in [0, 0.05) is 10.6 Å². The molecule has 22 heavy (non-hydrogen) atoms. The number of benzene rings is 1. The summed E-state index contributed by atoms with van der Waals surface area (Å²) in [4.78, 5) is 12.8. The van der Waals surface area contributed by atoms with E-state index < -0.39 is 11.9 Å². The highest BCUT2D eigenvalue weighted by Crippen LogP contribution is 2.33. The van der Waals surface area contributed by atoms with E-state index >= 15 is 0 Å². The van der Waals surface area contributed by atoms with E-state index in [1.165, 1.54) is 11.0 Å². The number of halogens is 2. The molecule has 2 atom stereocenters. The van der Waals surface area contributed by atoms with E-state index in [0.717, 1.165) is 5.69 Å². The van der Waals surface area contributed by atoms with Crippen molar-refractivity contribution in [1.29, 1.82) is 0 Å². The van der Waals surface area contributed by atoms with Crippen LogP contribution in [0.1, 0.15) is 25.6 Å². The third kappa shape index (κ3) is 2.33. The van der Waals surface area contributed by atoms with Crippen LogP contribution in [0.2, 0.25) is 5.02 Å². The lowest BCUT2D eigenvalue weighted by atomic mass is 10.1. The normalized spacial score (nSPS) is 20.8. The van der Waals surface area contributed by atoms with Gasteiger partial charge in [0.2, 0.25) is 0 Å². The maximum Gasteiger partial charge on any atom is 0.408 e. The van der Waals surface area contributed by atoms with Crippen LogP contribution < -0.4 is 0 Å². The Hall–Kier alpha value is -2.08. The first-order valence-electron chi connectivity index (χ1n) is 6.93. The van der Waals surface area contributed by atoms with Crippen LogP contribution in [0.4, 0.5) is 9.18 Å². The van der Waals surface area contributed by atoms with Crippen LogP contribution in [0.25, 0.3) is 11.3 Å². The van der Waals surface area contributed by atoms with Crippen molar-refractivity contribution in [2.45, 2.75) is 32.5 Å². The van der Waals surface area contributed by atoms with E-state index in [2.05, 4.69) is 5.10 Å². The number of rotatable bonds is 1. The molecule has 0 radical (unpaired) electrons. The van der Waals surface area contributed by atoms with Gasteiger partial charge in [-0.1, -0.05) is 11.6 Å². The van der Waals surface area contributed by atoms with Gasteiger partial charge < -0.3 is 5.11 Å². The smallest absolute Gasteiger partial charge is 0.408 e. The summed E-state index contributed by atoms with van der Waals surface area (Å²) in [7, 11) is 0. The van der Waals surface area contributed by atoms with Crippen LogP contribution in [0.15, 0.2) is 24.3 Å². The molecule has 0 spiro atoms. The van der Waals surface area contributed by atoms with Crippen LogP contribution >= 0.6 is 11.6 Å². The molecule has 7 heteroatoms. The van der Waals surface area contributed by atoms with Gasteiger partial charge in [0.05, 0.1) is 30.0 Å². The van der Waals surface area contributed by atoms with Crippen molar-refractivity contribution in [1.82, 2.24) is 14.7 Å². The molecule has 0 saturated carbocycles. The molecule has 0 fully saturated rings. The highest BCUT2D eigenvalue weighted by Gasteiger charge is 2.34. The molecular formula is C15H15ClFN3O2. The quantitative estimate of drug-likeness (QED) is 0.868. The summed E-state index contributed by atoms with van der Waals surface area (Å²) >= 11 is 5.76. The molecule has 1 aromatic heterocycles. The van der Waals surface area contributed by atoms with Gasteiger partial charge in [0.15, 0.2) is 0 Å². The predicted molar refractivity (Wildman–Crippen MR) is 80.4 cm³/mol. The lowest BCUT2D eigenvalue weighted by Gasteiger charge is -2.37. The van der Waals surface area contributed by atoms with Crippen LogP contribution in [0, 0.1) is 5.82 Å². The second-order valence-corrected chi connectivity index (χ2v) is 5.91. The van der Waals surface area contributed by atoms with Crippen LogP contribution in [-0.4, -0.2) is 31.9 Å². The molecule has 1 aliphatic heterocycles. The molecule has 5 nitrogen and oxygen atoms in total. The van der Waals surface area contributed by atoms with Gasteiger partial charge in [0.25, 0.3) is 0 Å². The van der Waals surface area contributed by atoms with E-state index in [9.17, 15) is 14.3 Å². The van der Waals surface area contributed by atoms with Crippen LogP contribution in [-0.2, 0) is 6.54 Å². The molecule has 116 valence electrons. The van der Waals surface area contributed by atoms with Crippen LogP contribution in [0.5, 0.6) is 0 Å². The first-order chi connectivity index (χ1) is 10.4. The molecule has 0 bridgehead atoms. The Morgan fingerprint density at radius 3 is 2.77 bits per heavy atom. The van der Waals surface area contributed by atoms with Crippen LogP contribution in [0.3, 0.4) is 0 Å². The Labute approximate surface area is 131 Å². The summed E-state index contributed by atoms with van der Waals surface area (Å²) < 4.78 is 15.8. The minimum Gasteiger partial charge on any atom is -0.465 e. The number of hydrogen-bond donors (Lipinski definition) is 1. The maximum atomic E-state index is 14.0. The Morgan fingerprint density at radius 1 is 1.41 bits per heavy atom. The molecule has 1 N–H and O–H groups in total. The summed E-state index contributed by atoms with van der Waals surface area (Å²) in [5.74, 6) is -0.446. The van der Waals surface area contributed by atoms with Crippen molar-refractivity contribution in [3.63, 3.8) is 0 Å². The average molecular weight is 324 g/mol. The molecule has 1 amide bonds. The summed E-state index contributed by atoms with van der Waals surface area (Å²) in [6.07, 6.45) is -0.966. The largest absolute Gasteiger partial charge is 0.465 e. The zero-order valence-corrected chi connectivity index (χ0v) is 12.9.